The van der Waals surface area contributed by atoms with Crippen molar-refractivity contribution < 1.29 is 17.6 Å². The molecule has 1 amide bonds. The summed E-state index contributed by atoms with van der Waals surface area (Å²) in [6.07, 6.45) is 0. The largest absolute Gasteiger partial charge is 0.348 e. The van der Waals surface area contributed by atoms with Gasteiger partial charge in [-0.1, -0.05) is 32.0 Å². The summed E-state index contributed by atoms with van der Waals surface area (Å²) in [6.45, 7) is 4.21. The molecule has 5 nitrogen and oxygen atoms in total. The van der Waals surface area contributed by atoms with Gasteiger partial charge in [0.05, 0.1) is 4.90 Å². The molecule has 2 aromatic rings. The second-order valence-electron chi connectivity index (χ2n) is 6.04. The first-order valence-corrected chi connectivity index (χ1v) is 9.39. The van der Waals surface area contributed by atoms with Gasteiger partial charge in [0.15, 0.2) is 0 Å². The normalized spacial score (nSPS) is 11.5. The Balaban J connectivity index is 2.01. The highest BCUT2D eigenvalue weighted by Gasteiger charge is 2.15. The minimum absolute atomic E-state index is 0.0570. The molecule has 0 aliphatic carbocycles. The van der Waals surface area contributed by atoms with E-state index in [1.807, 2.05) is 13.8 Å². The summed E-state index contributed by atoms with van der Waals surface area (Å²) < 4.78 is 40.3. The van der Waals surface area contributed by atoms with Crippen LogP contribution in [0.5, 0.6) is 0 Å². The van der Waals surface area contributed by atoms with E-state index in [-0.39, 0.29) is 23.2 Å². The molecular formula is C18H21FN2O3S. The van der Waals surface area contributed by atoms with Crippen LogP contribution in [0.25, 0.3) is 0 Å². The second-order valence-corrected chi connectivity index (χ2v) is 7.81. The summed E-state index contributed by atoms with van der Waals surface area (Å²) in [5, 5.41) is 2.61. The molecule has 0 spiro atoms. The van der Waals surface area contributed by atoms with Crippen LogP contribution in [0, 0.1) is 11.7 Å². The van der Waals surface area contributed by atoms with E-state index in [9.17, 15) is 17.6 Å². The fourth-order valence-corrected chi connectivity index (χ4v) is 3.28. The third-order valence-corrected chi connectivity index (χ3v) is 4.95. The molecule has 2 rings (SSSR count). The number of carbonyl (C=O) groups excluding carboxylic acids is 1. The van der Waals surface area contributed by atoms with Crippen molar-refractivity contribution in [3.05, 3.63) is 65.5 Å². The maximum absolute atomic E-state index is 13.5. The number of benzene rings is 2. The van der Waals surface area contributed by atoms with Gasteiger partial charge in [0.1, 0.15) is 5.82 Å². The Labute approximate surface area is 147 Å². The molecule has 0 aliphatic heterocycles. The zero-order valence-electron chi connectivity index (χ0n) is 14.1. The molecule has 134 valence electrons. The van der Waals surface area contributed by atoms with Crippen molar-refractivity contribution in [1.29, 1.82) is 0 Å². The molecule has 0 aromatic heterocycles. The lowest BCUT2D eigenvalue weighted by atomic mass is 10.2. The van der Waals surface area contributed by atoms with Crippen LogP contribution >= 0.6 is 0 Å². The van der Waals surface area contributed by atoms with Crippen molar-refractivity contribution in [3.8, 4) is 0 Å². The number of hydrogen-bond donors (Lipinski definition) is 2. The van der Waals surface area contributed by atoms with Crippen molar-refractivity contribution in [2.24, 2.45) is 5.92 Å². The molecule has 0 unspecified atom stereocenters. The number of amides is 1. The summed E-state index contributed by atoms with van der Waals surface area (Å²) in [7, 11) is -3.59. The van der Waals surface area contributed by atoms with Crippen LogP contribution in [0.4, 0.5) is 4.39 Å². The maximum Gasteiger partial charge on any atom is 0.251 e. The van der Waals surface area contributed by atoms with Crippen LogP contribution in [0.2, 0.25) is 0 Å². The number of nitrogens with one attached hydrogen (secondary N) is 2. The quantitative estimate of drug-likeness (QED) is 0.793. The molecule has 0 heterocycles. The first-order valence-electron chi connectivity index (χ1n) is 7.91. The van der Waals surface area contributed by atoms with Crippen molar-refractivity contribution in [3.63, 3.8) is 0 Å². The number of halogens is 1. The summed E-state index contributed by atoms with van der Waals surface area (Å²) in [4.78, 5) is 12.2. The minimum Gasteiger partial charge on any atom is -0.348 e. The molecule has 2 aromatic carbocycles. The van der Waals surface area contributed by atoms with Gasteiger partial charge < -0.3 is 5.32 Å². The fraction of sp³-hybridized carbons (Fsp3) is 0.278. The first kappa shape index (κ1) is 19.1. The second kappa shape index (κ2) is 8.22. The molecular weight excluding hydrogens is 343 g/mol. The van der Waals surface area contributed by atoms with Gasteiger partial charge in [0, 0.05) is 24.2 Å². The number of sulfonamides is 1. The summed E-state index contributed by atoms with van der Waals surface area (Å²) in [5.74, 6) is -0.596. The number of carbonyl (C=O) groups is 1. The van der Waals surface area contributed by atoms with Gasteiger partial charge in [-0.3, -0.25) is 4.79 Å². The third kappa shape index (κ3) is 5.37. The van der Waals surface area contributed by atoms with Crippen LogP contribution < -0.4 is 10.0 Å². The SMILES string of the molecule is CC(C)CNS(=O)(=O)c1ccc(C(=O)NCc2ccccc2F)cc1. The molecule has 0 saturated carbocycles. The average molecular weight is 364 g/mol. The summed E-state index contributed by atoms with van der Waals surface area (Å²) in [6, 6.07) is 11.8. The third-order valence-electron chi connectivity index (χ3n) is 3.51. The van der Waals surface area contributed by atoms with E-state index in [1.165, 1.54) is 30.3 Å². The van der Waals surface area contributed by atoms with Crippen molar-refractivity contribution in [2.45, 2.75) is 25.3 Å². The molecule has 0 fully saturated rings. The lowest BCUT2D eigenvalue weighted by molar-refractivity contribution is 0.0950. The number of rotatable bonds is 7. The van der Waals surface area contributed by atoms with E-state index >= 15 is 0 Å². The minimum atomic E-state index is -3.59. The molecule has 2 N–H and O–H groups in total. The highest BCUT2D eigenvalue weighted by Crippen LogP contribution is 2.12. The van der Waals surface area contributed by atoms with Gasteiger partial charge in [-0.05, 0) is 36.2 Å². The molecule has 0 radical (unpaired) electrons. The van der Waals surface area contributed by atoms with E-state index in [4.69, 9.17) is 0 Å². The summed E-state index contributed by atoms with van der Waals surface area (Å²) >= 11 is 0. The Morgan fingerprint density at radius 3 is 2.32 bits per heavy atom. The summed E-state index contributed by atoms with van der Waals surface area (Å²) in [5.41, 5.74) is 0.687. The molecule has 7 heteroatoms. The van der Waals surface area contributed by atoms with E-state index in [1.54, 1.807) is 18.2 Å². The maximum atomic E-state index is 13.5. The molecule has 0 bridgehead atoms. The Kier molecular flexibility index (Phi) is 6.27. The van der Waals surface area contributed by atoms with Gasteiger partial charge in [-0.25, -0.2) is 17.5 Å². The fourth-order valence-electron chi connectivity index (χ4n) is 2.06. The van der Waals surface area contributed by atoms with Crippen molar-refractivity contribution in [1.82, 2.24) is 10.0 Å². The van der Waals surface area contributed by atoms with E-state index in [0.717, 1.165) is 0 Å². The predicted molar refractivity (Wildman–Crippen MR) is 94.0 cm³/mol. The topological polar surface area (TPSA) is 75.3 Å². The van der Waals surface area contributed by atoms with Gasteiger partial charge >= 0.3 is 0 Å². The zero-order valence-corrected chi connectivity index (χ0v) is 14.9. The highest BCUT2D eigenvalue weighted by molar-refractivity contribution is 7.89. The van der Waals surface area contributed by atoms with Crippen LogP contribution in [-0.4, -0.2) is 20.9 Å². The van der Waals surface area contributed by atoms with Crippen molar-refractivity contribution >= 4 is 15.9 Å². The van der Waals surface area contributed by atoms with E-state index < -0.39 is 15.9 Å². The van der Waals surface area contributed by atoms with Gasteiger partial charge in [-0.15, -0.1) is 0 Å². The Morgan fingerprint density at radius 2 is 1.72 bits per heavy atom. The number of hydrogen-bond acceptors (Lipinski definition) is 3. The van der Waals surface area contributed by atoms with Gasteiger partial charge in [0.25, 0.3) is 5.91 Å². The lowest BCUT2D eigenvalue weighted by Crippen LogP contribution is -2.27. The van der Waals surface area contributed by atoms with Crippen LogP contribution in [0.3, 0.4) is 0 Å². The zero-order chi connectivity index (χ0) is 18.4. The van der Waals surface area contributed by atoms with E-state index in [0.29, 0.717) is 17.7 Å². The van der Waals surface area contributed by atoms with Gasteiger partial charge in [0.2, 0.25) is 10.0 Å². The average Bonchev–Trinajstić information content (AvgIpc) is 2.59. The molecule has 0 saturated heterocycles. The Morgan fingerprint density at radius 1 is 1.08 bits per heavy atom. The van der Waals surface area contributed by atoms with Gasteiger partial charge in [-0.2, -0.15) is 0 Å². The molecule has 0 atom stereocenters. The highest BCUT2D eigenvalue weighted by atomic mass is 32.2. The van der Waals surface area contributed by atoms with Crippen LogP contribution in [-0.2, 0) is 16.6 Å². The monoisotopic (exact) mass is 364 g/mol. The van der Waals surface area contributed by atoms with Crippen molar-refractivity contribution in [2.75, 3.05) is 6.54 Å². The van der Waals surface area contributed by atoms with E-state index in [2.05, 4.69) is 10.0 Å². The molecule has 0 aliphatic rings. The predicted octanol–water partition coefficient (Wildman–Crippen LogP) is 2.69. The molecule has 25 heavy (non-hydrogen) atoms. The van der Waals surface area contributed by atoms with Crippen LogP contribution in [0.1, 0.15) is 29.8 Å². The Bertz CT molecular complexity index is 834. The Hall–Kier alpha value is -2.25. The smallest absolute Gasteiger partial charge is 0.251 e. The first-order chi connectivity index (χ1) is 11.8. The lowest BCUT2D eigenvalue weighted by Gasteiger charge is -2.10. The standard InChI is InChI=1S/C18H21FN2O3S/c1-13(2)11-21-25(23,24)16-9-7-14(8-10-16)18(22)20-12-15-5-3-4-6-17(15)19/h3-10,13,21H,11-12H2,1-2H3,(H,20,22). The van der Waals surface area contributed by atoms with Crippen LogP contribution in [0.15, 0.2) is 53.4 Å².